The molecule has 0 fully saturated rings. The topological polar surface area (TPSA) is 86.7 Å². The van der Waals surface area contributed by atoms with Gasteiger partial charge >= 0.3 is 5.97 Å². The van der Waals surface area contributed by atoms with Crippen molar-refractivity contribution in [3.63, 3.8) is 0 Å². The summed E-state index contributed by atoms with van der Waals surface area (Å²) < 4.78 is 27.1. The van der Waals surface area contributed by atoms with Crippen molar-refractivity contribution in [3.8, 4) is 0 Å². The number of carboxylic acids is 1. The van der Waals surface area contributed by atoms with Crippen molar-refractivity contribution in [2.75, 3.05) is 13.1 Å². The second kappa shape index (κ2) is 7.62. The molecule has 0 aliphatic carbocycles. The number of carboxylic acid groups (broad SMARTS) is 1. The largest absolute Gasteiger partial charge is 0.480 e. The van der Waals surface area contributed by atoms with Crippen molar-refractivity contribution < 1.29 is 18.3 Å². The minimum atomic E-state index is -3.69. The van der Waals surface area contributed by atoms with Crippen LogP contribution in [0.1, 0.15) is 40.0 Å². The maximum Gasteiger partial charge on any atom is 0.321 e. The van der Waals surface area contributed by atoms with Crippen LogP contribution in [0.4, 0.5) is 0 Å². The molecule has 0 saturated carbocycles. The molecule has 6 nitrogen and oxygen atoms in total. The molecule has 7 heteroatoms. The third-order valence-electron chi connectivity index (χ3n) is 2.48. The van der Waals surface area contributed by atoms with Gasteiger partial charge in [-0.25, -0.2) is 0 Å². The SMILES string of the molecule is CCCCC(NS(=O)(=O)N(CC)CC)C(=O)O. The third kappa shape index (κ3) is 5.47. The monoisotopic (exact) mass is 266 g/mol. The molecule has 0 bridgehead atoms. The van der Waals surface area contributed by atoms with Crippen molar-refractivity contribution in [1.82, 2.24) is 9.03 Å². The van der Waals surface area contributed by atoms with Crippen LogP contribution in [0.15, 0.2) is 0 Å². The van der Waals surface area contributed by atoms with Crippen LogP contribution >= 0.6 is 0 Å². The first-order chi connectivity index (χ1) is 7.88. The van der Waals surface area contributed by atoms with E-state index < -0.39 is 22.2 Å². The summed E-state index contributed by atoms with van der Waals surface area (Å²) in [6, 6.07) is -1.04. The van der Waals surface area contributed by atoms with Crippen molar-refractivity contribution >= 4 is 16.2 Å². The Morgan fingerprint density at radius 1 is 1.29 bits per heavy atom. The van der Waals surface area contributed by atoms with Gasteiger partial charge in [-0.2, -0.15) is 17.4 Å². The second-order valence-corrected chi connectivity index (χ2v) is 5.44. The first kappa shape index (κ1) is 16.3. The molecule has 1 unspecified atom stereocenters. The molecule has 0 aromatic carbocycles. The Balaban J connectivity index is 4.68. The first-order valence-electron chi connectivity index (χ1n) is 5.89. The molecule has 0 aromatic rings. The number of carbonyl (C=O) groups is 1. The van der Waals surface area contributed by atoms with Gasteiger partial charge < -0.3 is 5.11 Å². The van der Waals surface area contributed by atoms with Gasteiger partial charge in [0, 0.05) is 13.1 Å². The molecule has 0 spiro atoms. The fourth-order valence-electron chi connectivity index (χ4n) is 1.46. The molecule has 0 rings (SSSR count). The van der Waals surface area contributed by atoms with E-state index in [0.29, 0.717) is 25.9 Å². The summed E-state index contributed by atoms with van der Waals surface area (Å²) in [5.74, 6) is -1.13. The van der Waals surface area contributed by atoms with Gasteiger partial charge in [-0.1, -0.05) is 33.6 Å². The smallest absolute Gasteiger partial charge is 0.321 e. The first-order valence-corrected chi connectivity index (χ1v) is 7.33. The third-order valence-corrected chi connectivity index (χ3v) is 4.26. The maximum absolute atomic E-state index is 11.8. The summed E-state index contributed by atoms with van der Waals surface area (Å²) in [5.41, 5.74) is 0. The Hall–Kier alpha value is -0.660. The Morgan fingerprint density at radius 2 is 1.82 bits per heavy atom. The molecule has 17 heavy (non-hydrogen) atoms. The zero-order valence-corrected chi connectivity index (χ0v) is 11.5. The average Bonchev–Trinajstić information content (AvgIpc) is 2.25. The summed E-state index contributed by atoms with van der Waals surface area (Å²) in [6.07, 6.45) is 1.82. The second-order valence-electron chi connectivity index (χ2n) is 3.74. The van der Waals surface area contributed by atoms with Crippen molar-refractivity contribution in [2.24, 2.45) is 0 Å². The van der Waals surface area contributed by atoms with Gasteiger partial charge in [-0.15, -0.1) is 0 Å². The van der Waals surface area contributed by atoms with E-state index in [0.717, 1.165) is 6.42 Å². The lowest BCUT2D eigenvalue weighted by molar-refractivity contribution is -0.139. The molecular formula is C10H22N2O4S. The molecule has 0 aliphatic rings. The van der Waals surface area contributed by atoms with Crippen LogP contribution in [0.5, 0.6) is 0 Å². The summed E-state index contributed by atoms with van der Waals surface area (Å²) >= 11 is 0. The molecule has 0 radical (unpaired) electrons. The number of hydrogen-bond acceptors (Lipinski definition) is 3. The normalized spacial score (nSPS) is 13.9. The Bertz CT molecular complexity index is 325. The van der Waals surface area contributed by atoms with Crippen molar-refractivity contribution in [1.29, 1.82) is 0 Å². The molecule has 102 valence electrons. The van der Waals surface area contributed by atoms with Crippen LogP contribution in [-0.4, -0.2) is 42.9 Å². The van der Waals surface area contributed by atoms with Crippen molar-refractivity contribution in [2.45, 2.75) is 46.1 Å². The lowest BCUT2D eigenvalue weighted by Gasteiger charge is -2.22. The summed E-state index contributed by atoms with van der Waals surface area (Å²) in [6.45, 7) is 6.00. The van der Waals surface area contributed by atoms with Gasteiger partial charge in [0.05, 0.1) is 0 Å². The molecule has 0 heterocycles. The number of rotatable bonds is 9. The number of unbranched alkanes of at least 4 members (excludes halogenated alkanes) is 1. The molecule has 2 N–H and O–H groups in total. The highest BCUT2D eigenvalue weighted by atomic mass is 32.2. The summed E-state index contributed by atoms with van der Waals surface area (Å²) in [4.78, 5) is 10.9. The highest BCUT2D eigenvalue weighted by molar-refractivity contribution is 7.87. The summed E-state index contributed by atoms with van der Waals surface area (Å²) in [7, 11) is -3.69. The van der Waals surface area contributed by atoms with E-state index in [2.05, 4.69) is 4.72 Å². The molecule has 0 amide bonds. The highest BCUT2D eigenvalue weighted by Gasteiger charge is 2.26. The van der Waals surface area contributed by atoms with Gasteiger partial charge in [0.25, 0.3) is 10.2 Å². The highest BCUT2D eigenvalue weighted by Crippen LogP contribution is 2.05. The van der Waals surface area contributed by atoms with Crippen LogP contribution in [0, 0.1) is 0 Å². The molecule has 0 saturated heterocycles. The van der Waals surface area contributed by atoms with E-state index in [4.69, 9.17) is 5.11 Å². The van der Waals surface area contributed by atoms with E-state index >= 15 is 0 Å². The predicted molar refractivity (Wildman–Crippen MR) is 65.9 cm³/mol. The lowest BCUT2D eigenvalue weighted by atomic mass is 10.1. The predicted octanol–water partition coefficient (Wildman–Crippen LogP) is 0.806. The van der Waals surface area contributed by atoms with E-state index in [9.17, 15) is 13.2 Å². The van der Waals surface area contributed by atoms with Gasteiger partial charge in [-0.05, 0) is 6.42 Å². The average molecular weight is 266 g/mol. The van der Waals surface area contributed by atoms with Crippen LogP contribution < -0.4 is 4.72 Å². The summed E-state index contributed by atoms with van der Waals surface area (Å²) in [5, 5.41) is 8.94. The van der Waals surface area contributed by atoms with E-state index in [1.165, 1.54) is 4.31 Å². The fraction of sp³-hybridized carbons (Fsp3) is 0.900. The number of hydrogen-bond donors (Lipinski definition) is 2. The van der Waals surface area contributed by atoms with Crippen LogP contribution in [0.3, 0.4) is 0 Å². The molecule has 0 aromatic heterocycles. The molecular weight excluding hydrogens is 244 g/mol. The zero-order chi connectivity index (χ0) is 13.5. The van der Waals surface area contributed by atoms with Crippen molar-refractivity contribution in [3.05, 3.63) is 0 Å². The Morgan fingerprint density at radius 3 is 2.18 bits per heavy atom. The van der Waals surface area contributed by atoms with Crippen LogP contribution in [0.25, 0.3) is 0 Å². The Labute approximate surface area is 103 Å². The van der Waals surface area contributed by atoms with Gasteiger partial charge in [0.15, 0.2) is 0 Å². The standard InChI is InChI=1S/C10H22N2O4S/c1-4-7-8-9(10(13)14)11-17(15,16)12(5-2)6-3/h9,11H,4-8H2,1-3H3,(H,13,14). The molecule has 1 atom stereocenters. The molecule has 0 aliphatic heterocycles. The van der Waals surface area contributed by atoms with Gasteiger partial charge in [0.1, 0.15) is 6.04 Å². The van der Waals surface area contributed by atoms with Crippen LogP contribution in [0.2, 0.25) is 0 Å². The maximum atomic E-state index is 11.8. The van der Waals surface area contributed by atoms with E-state index in [1.54, 1.807) is 13.8 Å². The number of nitrogens with one attached hydrogen (secondary N) is 1. The minimum absolute atomic E-state index is 0.312. The zero-order valence-electron chi connectivity index (χ0n) is 10.6. The van der Waals surface area contributed by atoms with Gasteiger partial charge in [0.2, 0.25) is 0 Å². The van der Waals surface area contributed by atoms with Gasteiger partial charge in [-0.3, -0.25) is 4.79 Å². The fourth-order valence-corrected chi connectivity index (χ4v) is 2.87. The number of nitrogens with zero attached hydrogens (tertiary/aromatic N) is 1. The Kier molecular flexibility index (Phi) is 7.33. The lowest BCUT2D eigenvalue weighted by Crippen LogP contribution is -2.48. The van der Waals surface area contributed by atoms with E-state index in [-0.39, 0.29) is 0 Å². The number of aliphatic carboxylic acids is 1. The minimum Gasteiger partial charge on any atom is -0.480 e. The van der Waals surface area contributed by atoms with E-state index in [1.807, 2.05) is 6.92 Å². The van der Waals surface area contributed by atoms with Crippen LogP contribution in [-0.2, 0) is 15.0 Å². The quantitative estimate of drug-likeness (QED) is 0.646.